The van der Waals surface area contributed by atoms with Crippen molar-refractivity contribution in [2.24, 2.45) is 0 Å². The molecule has 1 fully saturated rings. The van der Waals surface area contributed by atoms with E-state index in [0.717, 1.165) is 77.9 Å². The van der Waals surface area contributed by atoms with Crippen LogP contribution in [0, 0.1) is 6.92 Å². The third kappa shape index (κ3) is 8.96. The Hall–Kier alpha value is -2.72. The van der Waals surface area contributed by atoms with E-state index < -0.39 is 12.1 Å². The molecule has 0 spiro atoms. The first kappa shape index (κ1) is 27.3. The summed E-state index contributed by atoms with van der Waals surface area (Å²) in [6.07, 6.45) is 2.23. The summed E-state index contributed by atoms with van der Waals surface area (Å²) in [5.41, 5.74) is 1.96. The van der Waals surface area contributed by atoms with Crippen molar-refractivity contribution in [1.82, 2.24) is 14.8 Å². The maximum absolute atomic E-state index is 10.7. The van der Waals surface area contributed by atoms with Crippen LogP contribution in [0.15, 0.2) is 42.5 Å². The monoisotopic (exact) mass is 527 g/mol. The second kappa shape index (κ2) is 13.7. The number of hydrogen-bond acceptors (Lipinski definition) is 8. The van der Waals surface area contributed by atoms with Gasteiger partial charge >= 0.3 is 5.97 Å². The molecule has 1 aliphatic heterocycles. The van der Waals surface area contributed by atoms with Crippen LogP contribution in [0.25, 0.3) is 10.2 Å². The number of unbranched alkanes of at least 4 members (excludes halogenated alkanes) is 1. The van der Waals surface area contributed by atoms with E-state index in [-0.39, 0.29) is 13.0 Å². The molecule has 0 radical (unpaired) electrons. The average Bonchev–Trinajstić information content (AvgIpc) is 3.27. The standard InChI is InChI=1S/C28H37N3O5S/c1-21-29-26-18-25(9-10-27(26)37-21)36-20-23(32)19-31-15-13-30(14-16-31)12-2-3-17-35-24-7-4-22(5-8-24)6-11-28(33)34/h4-5,7-10,18,23,32H,2-3,6,11-17,19-20H2,1H3,(H,33,34). The molecule has 9 heteroatoms. The lowest BCUT2D eigenvalue weighted by Gasteiger charge is -2.35. The molecule has 0 aliphatic carbocycles. The molecule has 1 atom stereocenters. The number of piperazine rings is 1. The number of nitrogens with zero attached hydrogens (tertiary/aromatic N) is 3. The summed E-state index contributed by atoms with van der Waals surface area (Å²) in [4.78, 5) is 20.0. The zero-order valence-electron chi connectivity index (χ0n) is 21.5. The number of aliphatic carboxylic acids is 1. The number of aryl methyl sites for hydroxylation is 2. The van der Waals surface area contributed by atoms with Crippen LogP contribution >= 0.6 is 11.3 Å². The van der Waals surface area contributed by atoms with Crippen molar-refractivity contribution in [2.75, 3.05) is 52.5 Å². The lowest BCUT2D eigenvalue weighted by atomic mass is 10.1. The zero-order valence-corrected chi connectivity index (χ0v) is 22.3. The van der Waals surface area contributed by atoms with Crippen molar-refractivity contribution in [3.8, 4) is 11.5 Å². The lowest BCUT2D eigenvalue weighted by molar-refractivity contribution is -0.136. The summed E-state index contributed by atoms with van der Waals surface area (Å²) in [5, 5.41) is 20.3. The van der Waals surface area contributed by atoms with E-state index in [4.69, 9.17) is 14.6 Å². The van der Waals surface area contributed by atoms with Crippen LogP contribution in [0.5, 0.6) is 11.5 Å². The Morgan fingerprint density at radius 1 is 1.03 bits per heavy atom. The highest BCUT2D eigenvalue weighted by molar-refractivity contribution is 7.18. The maximum atomic E-state index is 10.7. The number of hydrogen-bond donors (Lipinski definition) is 2. The smallest absolute Gasteiger partial charge is 0.303 e. The van der Waals surface area contributed by atoms with Gasteiger partial charge in [0.05, 0.1) is 21.8 Å². The number of thiazole rings is 1. The van der Waals surface area contributed by atoms with Crippen LogP contribution in [0.3, 0.4) is 0 Å². The molecular weight excluding hydrogens is 490 g/mol. The van der Waals surface area contributed by atoms with Crippen LogP contribution in [-0.4, -0.2) is 89.6 Å². The van der Waals surface area contributed by atoms with Crippen LogP contribution in [0.1, 0.15) is 29.8 Å². The first-order valence-corrected chi connectivity index (χ1v) is 13.8. The summed E-state index contributed by atoms with van der Waals surface area (Å²) in [7, 11) is 0. The fraction of sp³-hybridized carbons (Fsp3) is 0.500. The number of aliphatic hydroxyl groups excluding tert-OH is 1. The van der Waals surface area contributed by atoms with Crippen LogP contribution in [-0.2, 0) is 11.2 Å². The molecule has 2 N–H and O–H groups in total. The van der Waals surface area contributed by atoms with Crippen molar-refractivity contribution in [2.45, 2.75) is 38.7 Å². The second-order valence-electron chi connectivity index (χ2n) is 9.56. The molecule has 0 bridgehead atoms. The summed E-state index contributed by atoms with van der Waals surface area (Å²) in [6, 6.07) is 13.6. The van der Waals surface area contributed by atoms with Crippen LogP contribution in [0.4, 0.5) is 0 Å². The Kier molecular flexibility index (Phi) is 10.1. The molecule has 0 amide bonds. The highest BCUT2D eigenvalue weighted by Gasteiger charge is 2.19. The number of aromatic nitrogens is 1. The van der Waals surface area contributed by atoms with Gasteiger partial charge in [-0.05, 0) is 62.6 Å². The molecule has 37 heavy (non-hydrogen) atoms. The van der Waals surface area contributed by atoms with E-state index in [1.165, 1.54) is 0 Å². The minimum Gasteiger partial charge on any atom is -0.494 e. The number of β-amino-alcohol motifs (C(OH)–C–C–N with tert-alkyl or cyclic N) is 1. The zero-order chi connectivity index (χ0) is 26.0. The Bertz CT molecular complexity index is 1130. The highest BCUT2D eigenvalue weighted by Crippen LogP contribution is 2.25. The molecular formula is C28H37N3O5S. The number of carboxylic acid groups (broad SMARTS) is 1. The largest absolute Gasteiger partial charge is 0.494 e. The molecule has 8 nitrogen and oxygen atoms in total. The number of carboxylic acids is 1. The molecule has 3 aromatic rings. The first-order valence-electron chi connectivity index (χ1n) is 13.0. The average molecular weight is 528 g/mol. The summed E-state index contributed by atoms with van der Waals surface area (Å²) < 4.78 is 12.8. The molecule has 1 saturated heterocycles. The molecule has 1 aliphatic rings. The predicted molar refractivity (Wildman–Crippen MR) is 146 cm³/mol. The fourth-order valence-corrected chi connectivity index (χ4v) is 5.29. The molecule has 4 rings (SSSR count). The van der Waals surface area contributed by atoms with Gasteiger partial charge in [0, 0.05) is 45.2 Å². The van der Waals surface area contributed by atoms with Gasteiger partial charge in [-0.2, -0.15) is 0 Å². The van der Waals surface area contributed by atoms with Gasteiger partial charge in [0.15, 0.2) is 0 Å². The Balaban J connectivity index is 1.05. The van der Waals surface area contributed by atoms with Crippen LogP contribution < -0.4 is 9.47 Å². The predicted octanol–water partition coefficient (Wildman–Crippen LogP) is 3.84. The quantitative estimate of drug-likeness (QED) is 0.306. The Labute approximate surface area is 222 Å². The second-order valence-corrected chi connectivity index (χ2v) is 10.8. The van der Waals surface area contributed by atoms with Gasteiger partial charge in [0.1, 0.15) is 24.2 Å². The van der Waals surface area contributed by atoms with Crippen molar-refractivity contribution in [3.05, 3.63) is 53.0 Å². The number of benzene rings is 2. The number of aliphatic hydroxyl groups is 1. The summed E-state index contributed by atoms with van der Waals surface area (Å²) in [5.74, 6) is 0.799. The van der Waals surface area contributed by atoms with Crippen LogP contribution in [0.2, 0.25) is 0 Å². The molecule has 1 unspecified atom stereocenters. The summed E-state index contributed by atoms with van der Waals surface area (Å²) in [6.45, 7) is 8.54. The molecule has 200 valence electrons. The SMILES string of the molecule is Cc1nc2cc(OCC(O)CN3CCN(CCCCOc4ccc(CCC(=O)O)cc4)CC3)ccc2s1. The minimum absolute atomic E-state index is 0.147. The van der Waals surface area contributed by atoms with E-state index in [0.29, 0.717) is 19.6 Å². The van der Waals surface area contributed by atoms with E-state index in [9.17, 15) is 9.90 Å². The van der Waals surface area contributed by atoms with E-state index in [1.807, 2.05) is 49.4 Å². The van der Waals surface area contributed by atoms with E-state index >= 15 is 0 Å². The van der Waals surface area contributed by atoms with Crippen molar-refractivity contribution >= 4 is 27.5 Å². The van der Waals surface area contributed by atoms with Gasteiger partial charge in [0.25, 0.3) is 0 Å². The Morgan fingerprint density at radius 2 is 1.76 bits per heavy atom. The van der Waals surface area contributed by atoms with Crippen molar-refractivity contribution in [1.29, 1.82) is 0 Å². The van der Waals surface area contributed by atoms with E-state index in [2.05, 4.69) is 14.8 Å². The number of ether oxygens (including phenoxy) is 2. The molecule has 1 aromatic heterocycles. The van der Waals surface area contributed by atoms with Crippen molar-refractivity contribution < 1.29 is 24.5 Å². The van der Waals surface area contributed by atoms with Gasteiger partial charge in [0.2, 0.25) is 0 Å². The lowest BCUT2D eigenvalue weighted by Crippen LogP contribution is -2.49. The number of fused-ring (bicyclic) bond motifs is 1. The minimum atomic E-state index is -0.777. The normalized spacial score (nSPS) is 15.6. The topological polar surface area (TPSA) is 95.4 Å². The van der Waals surface area contributed by atoms with Gasteiger partial charge in [-0.25, -0.2) is 4.98 Å². The third-order valence-corrected chi connectivity index (χ3v) is 7.48. The fourth-order valence-electron chi connectivity index (χ4n) is 4.48. The molecule has 2 aromatic carbocycles. The highest BCUT2D eigenvalue weighted by atomic mass is 32.1. The van der Waals surface area contributed by atoms with E-state index in [1.54, 1.807) is 11.3 Å². The first-order chi connectivity index (χ1) is 17.9. The Morgan fingerprint density at radius 3 is 2.51 bits per heavy atom. The number of rotatable bonds is 14. The summed E-state index contributed by atoms with van der Waals surface area (Å²) >= 11 is 1.67. The third-order valence-electron chi connectivity index (χ3n) is 6.53. The van der Waals surface area contributed by atoms with Gasteiger partial charge in [-0.1, -0.05) is 12.1 Å². The number of carbonyl (C=O) groups is 1. The molecule has 0 saturated carbocycles. The maximum Gasteiger partial charge on any atom is 0.303 e. The van der Waals surface area contributed by atoms with Gasteiger partial charge < -0.3 is 24.6 Å². The van der Waals surface area contributed by atoms with Crippen molar-refractivity contribution in [3.63, 3.8) is 0 Å². The van der Waals surface area contributed by atoms with Gasteiger partial charge in [-0.15, -0.1) is 11.3 Å². The molecule has 2 heterocycles. The van der Waals surface area contributed by atoms with Gasteiger partial charge in [-0.3, -0.25) is 9.69 Å².